The molecule has 0 aliphatic carbocycles. The number of nitrogens with one attached hydrogen (secondary N) is 1. The van der Waals surface area contributed by atoms with Gasteiger partial charge in [-0.25, -0.2) is 4.98 Å². The molecule has 1 aliphatic heterocycles. The number of carbonyl (C=O) groups is 1. The third-order valence-corrected chi connectivity index (χ3v) is 4.40. The Hall–Kier alpha value is -2.44. The summed E-state index contributed by atoms with van der Waals surface area (Å²) in [6.45, 7) is 4.71. The third kappa shape index (κ3) is 3.97. The quantitative estimate of drug-likeness (QED) is 0.861. The van der Waals surface area contributed by atoms with Gasteiger partial charge >= 0.3 is 0 Å². The first-order valence-electron chi connectivity index (χ1n) is 8.42. The molecule has 1 atom stereocenters. The van der Waals surface area contributed by atoms with Gasteiger partial charge in [0.25, 0.3) is 5.91 Å². The molecule has 2 N–H and O–H groups in total. The SMILES string of the molecule is C[C@](O)(C(=O)NCc1cccnc1N1CCOCC1)c1ccccc1. The summed E-state index contributed by atoms with van der Waals surface area (Å²) in [5.74, 6) is 0.418. The first-order valence-corrected chi connectivity index (χ1v) is 8.42. The molecule has 1 saturated heterocycles. The van der Waals surface area contributed by atoms with Crippen LogP contribution in [0.4, 0.5) is 5.82 Å². The van der Waals surface area contributed by atoms with E-state index in [9.17, 15) is 9.90 Å². The van der Waals surface area contributed by atoms with Crippen LogP contribution in [0.2, 0.25) is 0 Å². The smallest absolute Gasteiger partial charge is 0.256 e. The zero-order chi connectivity index (χ0) is 17.7. The van der Waals surface area contributed by atoms with E-state index in [1.807, 2.05) is 18.2 Å². The van der Waals surface area contributed by atoms with Crippen LogP contribution in [-0.2, 0) is 21.7 Å². The van der Waals surface area contributed by atoms with Crippen LogP contribution in [0, 0.1) is 0 Å². The fourth-order valence-electron chi connectivity index (χ4n) is 2.87. The van der Waals surface area contributed by atoms with E-state index in [-0.39, 0.29) is 0 Å². The first-order chi connectivity index (χ1) is 12.1. The van der Waals surface area contributed by atoms with Gasteiger partial charge in [-0.15, -0.1) is 0 Å². The van der Waals surface area contributed by atoms with Crippen molar-refractivity contribution in [3.05, 3.63) is 59.8 Å². The minimum absolute atomic E-state index is 0.308. The predicted molar refractivity (Wildman–Crippen MR) is 95.1 cm³/mol. The fraction of sp³-hybridized carbons (Fsp3) is 0.368. The maximum absolute atomic E-state index is 12.5. The van der Waals surface area contributed by atoms with Gasteiger partial charge in [-0.05, 0) is 18.6 Å². The molecule has 0 unspecified atom stereocenters. The number of ether oxygens (including phenoxy) is 1. The van der Waals surface area contributed by atoms with Gasteiger partial charge in [-0.1, -0.05) is 36.4 Å². The van der Waals surface area contributed by atoms with Crippen molar-refractivity contribution in [3.8, 4) is 0 Å². The van der Waals surface area contributed by atoms with E-state index in [1.165, 1.54) is 6.92 Å². The van der Waals surface area contributed by atoms with Crippen molar-refractivity contribution in [1.82, 2.24) is 10.3 Å². The number of amides is 1. The number of aromatic nitrogens is 1. The lowest BCUT2D eigenvalue weighted by molar-refractivity contribution is -0.139. The van der Waals surface area contributed by atoms with Crippen LogP contribution in [0.1, 0.15) is 18.1 Å². The van der Waals surface area contributed by atoms with E-state index >= 15 is 0 Å². The van der Waals surface area contributed by atoms with Gasteiger partial charge in [0.2, 0.25) is 0 Å². The summed E-state index contributed by atoms with van der Waals surface area (Å²) in [6.07, 6.45) is 1.75. The lowest BCUT2D eigenvalue weighted by atomic mass is 9.95. The molecule has 0 bridgehead atoms. The summed E-state index contributed by atoms with van der Waals surface area (Å²) in [5, 5.41) is 13.4. The summed E-state index contributed by atoms with van der Waals surface area (Å²) >= 11 is 0. The Morgan fingerprint density at radius 1 is 1.24 bits per heavy atom. The Balaban J connectivity index is 1.70. The predicted octanol–water partition coefficient (Wildman–Crippen LogP) is 1.44. The molecule has 3 rings (SSSR count). The Morgan fingerprint density at radius 3 is 2.68 bits per heavy atom. The summed E-state index contributed by atoms with van der Waals surface area (Å²) in [6, 6.07) is 12.7. The Bertz CT molecular complexity index is 713. The highest BCUT2D eigenvalue weighted by atomic mass is 16.5. The molecule has 6 nitrogen and oxygen atoms in total. The largest absolute Gasteiger partial charge is 0.378 e. The molecule has 1 aromatic carbocycles. The minimum Gasteiger partial charge on any atom is -0.378 e. The Kier molecular flexibility index (Phi) is 5.31. The van der Waals surface area contributed by atoms with E-state index in [2.05, 4.69) is 15.2 Å². The summed E-state index contributed by atoms with van der Waals surface area (Å²) in [7, 11) is 0. The number of anilines is 1. The molecule has 2 aromatic rings. The molecule has 25 heavy (non-hydrogen) atoms. The molecule has 1 amide bonds. The van der Waals surface area contributed by atoms with Crippen LogP contribution < -0.4 is 10.2 Å². The van der Waals surface area contributed by atoms with Crippen molar-refractivity contribution >= 4 is 11.7 Å². The van der Waals surface area contributed by atoms with Gasteiger partial charge in [0, 0.05) is 31.4 Å². The number of carbonyl (C=O) groups excluding carboxylic acids is 1. The number of hydrogen-bond donors (Lipinski definition) is 2. The molecule has 1 fully saturated rings. The standard InChI is InChI=1S/C19H23N3O3/c1-19(24,16-7-3-2-4-8-16)18(23)21-14-15-6-5-9-20-17(15)22-10-12-25-13-11-22/h2-9,24H,10-14H2,1H3,(H,21,23)/t19-/m1/s1. The summed E-state index contributed by atoms with van der Waals surface area (Å²) < 4.78 is 5.38. The van der Waals surface area contributed by atoms with E-state index in [4.69, 9.17) is 4.74 Å². The van der Waals surface area contributed by atoms with Gasteiger partial charge in [-0.3, -0.25) is 4.79 Å². The lowest BCUT2D eigenvalue weighted by Gasteiger charge is -2.29. The van der Waals surface area contributed by atoms with E-state index in [0.717, 1.165) is 24.5 Å². The number of benzene rings is 1. The second kappa shape index (κ2) is 7.63. The van der Waals surface area contributed by atoms with Crippen molar-refractivity contribution in [3.63, 3.8) is 0 Å². The highest BCUT2D eigenvalue weighted by Crippen LogP contribution is 2.22. The van der Waals surface area contributed by atoms with Crippen LogP contribution in [-0.4, -0.2) is 42.3 Å². The van der Waals surface area contributed by atoms with Crippen molar-refractivity contribution in [2.75, 3.05) is 31.2 Å². The second-order valence-electron chi connectivity index (χ2n) is 6.21. The van der Waals surface area contributed by atoms with Crippen LogP contribution in [0.15, 0.2) is 48.7 Å². The topological polar surface area (TPSA) is 74.7 Å². The molecule has 0 spiro atoms. The number of nitrogens with zero attached hydrogens (tertiary/aromatic N) is 2. The zero-order valence-electron chi connectivity index (χ0n) is 14.3. The van der Waals surface area contributed by atoms with Gasteiger partial charge in [-0.2, -0.15) is 0 Å². The maximum atomic E-state index is 12.5. The van der Waals surface area contributed by atoms with Crippen LogP contribution in [0.5, 0.6) is 0 Å². The molecular weight excluding hydrogens is 318 g/mol. The lowest BCUT2D eigenvalue weighted by Crippen LogP contribution is -2.42. The van der Waals surface area contributed by atoms with Crippen LogP contribution in [0.25, 0.3) is 0 Å². The number of rotatable bonds is 5. The molecule has 1 aromatic heterocycles. The molecule has 132 valence electrons. The second-order valence-corrected chi connectivity index (χ2v) is 6.21. The highest BCUT2D eigenvalue weighted by molar-refractivity contribution is 5.85. The van der Waals surface area contributed by atoms with E-state index in [1.54, 1.807) is 30.5 Å². The minimum atomic E-state index is -1.58. The molecular formula is C19H23N3O3. The summed E-state index contributed by atoms with van der Waals surface area (Å²) in [4.78, 5) is 19.1. The Morgan fingerprint density at radius 2 is 1.96 bits per heavy atom. The van der Waals surface area contributed by atoms with Crippen molar-refractivity contribution in [2.24, 2.45) is 0 Å². The average Bonchev–Trinajstić information content (AvgIpc) is 2.67. The fourth-order valence-corrected chi connectivity index (χ4v) is 2.87. The number of hydrogen-bond acceptors (Lipinski definition) is 5. The Labute approximate surface area is 147 Å². The van der Waals surface area contributed by atoms with Gasteiger partial charge < -0.3 is 20.1 Å². The molecule has 0 saturated carbocycles. The van der Waals surface area contributed by atoms with E-state index < -0.39 is 11.5 Å². The third-order valence-electron chi connectivity index (χ3n) is 4.40. The highest BCUT2D eigenvalue weighted by Gasteiger charge is 2.32. The first kappa shape index (κ1) is 17.4. The summed E-state index contributed by atoms with van der Waals surface area (Å²) in [5.41, 5.74) is -0.100. The van der Waals surface area contributed by atoms with Gasteiger partial charge in [0.05, 0.1) is 13.2 Å². The average molecular weight is 341 g/mol. The molecule has 6 heteroatoms. The van der Waals surface area contributed by atoms with Crippen LogP contribution in [0.3, 0.4) is 0 Å². The van der Waals surface area contributed by atoms with Crippen molar-refractivity contribution in [1.29, 1.82) is 0 Å². The van der Waals surface area contributed by atoms with E-state index in [0.29, 0.717) is 25.3 Å². The number of pyridine rings is 1. The number of aliphatic hydroxyl groups is 1. The monoisotopic (exact) mass is 341 g/mol. The molecule has 0 radical (unpaired) electrons. The van der Waals surface area contributed by atoms with Crippen molar-refractivity contribution < 1.29 is 14.6 Å². The van der Waals surface area contributed by atoms with Crippen LogP contribution >= 0.6 is 0 Å². The number of morpholine rings is 1. The van der Waals surface area contributed by atoms with Gasteiger partial charge in [0.15, 0.2) is 5.60 Å². The maximum Gasteiger partial charge on any atom is 0.256 e. The normalized spacial score (nSPS) is 17.0. The molecule has 2 heterocycles. The molecule has 1 aliphatic rings. The zero-order valence-corrected chi connectivity index (χ0v) is 14.3. The van der Waals surface area contributed by atoms with Crippen molar-refractivity contribution in [2.45, 2.75) is 19.1 Å². The van der Waals surface area contributed by atoms with Gasteiger partial charge in [0.1, 0.15) is 5.82 Å².